The molecule has 8 nitrogen and oxygen atoms in total. The van der Waals surface area contributed by atoms with Crippen LogP contribution in [0.2, 0.25) is 0 Å². The first-order valence-corrected chi connectivity index (χ1v) is 10.5. The van der Waals surface area contributed by atoms with E-state index in [4.69, 9.17) is 4.74 Å². The van der Waals surface area contributed by atoms with Gasteiger partial charge in [0.05, 0.1) is 17.8 Å². The Morgan fingerprint density at radius 2 is 1.97 bits per heavy atom. The van der Waals surface area contributed by atoms with Gasteiger partial charge in [-0.2, -0.15) is 15.0 Å². The maximum Gasteiger partial charge on any atom is 0.417 e. The summed E-state index contributed by atoms with van der Waals surface area (Å²) in [6.07, 6.45) is 2.05. The van der Waals surface area contributed by atoms with Crippen LogP contribution in [0.3, 0.4) is 0 Å². The molecule has 0 radical (unpaired) electrons. The molecule has 1 aliphatic rings. The molecule has 1 N–H and O–H groups in total. The van der Waals surface area contributed by atoms with Crippen LogP contribution in [0.1, 0.15) is 43.4 Å². The zero-order chi connectivity index (χ0) is 22.8. The second-order valence-corrected chi connectivity index (χ2v) is 7.82. The highest BCUT2D eigenvalue weighted by molar-refractivity contribution is 5.88. The summed E-state index contributed by atoms with van der Waals surface area (Å²) in [5.41, 5.74) is 3.19. The highest BCUT2D eigenvalue weighted by Crippen LogP contribution is 2.25. The van der Waals surface area contributed by atoms with Crippen molar-refractivity contribution in [2.45, 2.75) is 46.2 Å². The van der Waals surface area contributed by atoms with Gasteiger partial charge in [0.25, 0.3) is 0 Å². The van der Waals surface area contributed by atoms with Crippen molar-refractivity contribution in [3.63, 3.8) is 0 Å². The number of cyclic esters (lactones) is 1. The number of pyridine rings is 1. The van der Waals surface area contributed by atoms with E-state index < -0.39 is 6.09 Å². The minimum absolute atomic E-state index is 0.0983. The number of aryl methyl sites for hydroxylation is 2. The summed E-state index contributed by atoms with van der Waals surface area (Å²) < 4.78 is 18.7. The van der Waals surface area contributed by atoms with Gasteiger partial charge in [-0.3, -0.25) is 4.98 Å². The van der Waals surface area contributed by atoms with Crippen LogP contribution in [0.5, 0.6) is 0 Å². The van der Waals surface area contributed by atoms with E-state index in [2.05, 4.69) is 25.3 Å². The molecule has 2 aromatic heterocycles. The lowest BCUT2D eigenvalue weighted by molar-refractivity contribution is 0.178. The number of carbonyl (C=O) groups excluding carboxylic acids is 1. The van der Waals surface area contributed by atoms with Crippen molar-refractivity contribution in [1.29, 1.82) is 0 Å². The molecule has 1 aliphatic heterocycles. The van der Waals surface area contributed by atoms with Crippen LogP contribution in [-0.4, -0.2) is 38.7 Å². The number of anilines is 2. The van der Waals surface area contributed by atoms with E-state index in [1.54, 1.807) is 32.2 Å². The Hall–Kier alpha value is -3.62. The van der Waals surface area contributed by atoms with E-state index in [1.807, 2.05) is 26.0 Å². The summed E-state index contributed by atoms with van der Waals surface area (Å²) in [5.74, 6) is 0.899. The molecule has 0 aliphatic carbocycles. The number of benzene rings is 1. The first kappa shape index (κ1) is 21.6. The number of aromatic nitrogens is 4. The predicted octanol–water partition coefficient (Wildman–Crippen LogP) is 4.60. The lowest BCUT2D eigenvalue weighted by Gasteiger charge is -2.20. The SMILES string of the molecule is CCC1COC(=O)N1c1nc(C)nc(N[C@@H](C)c2ccc(-c3ccc(F)c(C)c3)cn2)n1. The number of hydrogen-bond acceptors (Lipinski definition) is 7. The van der Waals surface area contributed by atoms with E-state index in [-0.39, 0.29) is 23.8 Å². The lowest BCUT2D eigenvalue weighted by atomic mass is 10.0. The number of amides is 1. The summed E-state index contributed by atoms with van der Waals surface area (Å²) >= 11 is 0. The topological polar surface area (TPSA) is 93.1 Å². The molecule has 1 saturated heterocycles. The highest BCUT2D eigenvalue weighted by atomic mass is 19.1. The fraction of sp³-hybridized carbons (Fsp3) is 0.348. The summed E-state index contributed by atoms with van der Waals surface area (Å²) in [6.45, 7) is 7.74. The van der Waals surface area contributed by atoms with Crippen molar-refractivity contribution in [2.24, 2.45) is 0 Å². The zero-order valence-electron chi connectivity index (χ0n) is 18.5. The molecule has 1 aromatic carbocycles. The first-order valence-electron chi connectivity index (χ1n) is 10.5. The molecule has 3 aromatic rings. The lowest BCUT2D eigenvalue weighted by Crippen LogP contribution is -2.34. The van der Waals surface area contributed by atoms with Crippen LogP contribution in [0.15, 0.2) is 36.5 Å². The van der Waals surface area contributed by atoms with Crippen molar-refractivity contribution in [2.75, 3.05) is 16.8 Å². The van der Waals surface area contributed by atoms with Crippen LogP contribution < -0.4 is 10.2 Å². The van der Waals surface area contributed by atoms with Crippen molar-refractivity contribution >= 4 is 18.0 Å². The van der Waals surface area contributed by atoms with Crippen molar-refractivity contribution in [3.05, 3.63) is 59.4 Å². The van der Waals surface area contributed by atoms with E-state index >= 15 is 0 Å². The molecule has 1 amide bonds. The Morgan fingerprint density at radius 3 is 2.66 bits per heavy atom. The third-order valence-electron chi connectivity index (χ3n) is 5.45. The summed E-state index contributed by atoms with van der Waals surface area (Å²) in [7, 11) is 0. The van der Waals surface area contributed by atoms with E-state index in [9.17, 15) is 9.18 Å². The third-order valence-corrected chi connectivity index (χ3v) is 5.45. The molecular formula is C23H25FN6O2. The van der Waals surface area contributed by atoms with Gasteiger partial charge in [0.2, 0.25) is 11.9 Å². The second-order valence-electron chi connectivity index (χ2n) is 7.82. The van der Waals surface area contributed by atoms with Gasteiger partial charge in [-0.15, -0.1) is 0 Å². The zero-order valence-corrected chi connectivity index (χ0v) is 18.5. The molecule has 0 spiro atoms. The Kier molecular flexibility index (Phi) is 5.98. The molecule has 32 heavy (non-hydrogen) atoms. The maximum absolute atomic E-state index is 13.5. The number of halogens is 1. The van der Waals surface area contributed by atoms with Crippen molar-refractivity contribution in [1.82, 2.24) is 19.9 Å². The Balaban J connectivity index is 1.52. The van der Waals surface area contributed by atoms with Gasteiger partial charge in [0.1, 0.15) is 18.2 Å². The molecular weight excluding hydrogens is 411 g/mol. The fourth-order valence-corrected chi connectivity index (χ4v) is 3.57. The van der Waals surface area contributed by atoms with Crippen LogP contribution in [0.4, 0.5) is 21.1 Å². The average molecular weight is 436 g/mol. The number of hydrogen-bond donors (Lipinski definition) is 1. The van der Waals surface area contributed by atoms with Crippen LogP contribution in [-0.2, 0) is 4.74 Å². The van der Waals surface area contributed by atoms with E-state index in [0.717, 1.165) is 23.2 Å². The predicted molar refractivity (Wildman–Crippen MR) is 119 cm³/mol. The van der Waals surface area contributed by atoms with Gasteiger partial charge >= 0.3 is 6.09 Å². The number of nitrogens with zero attached hydrogens (tertiary/aromatic N) is 5. The fourth-order valence-electron chi connectivity index (χ4n) is 3.57. The molecule has 1 fully saturated rings. The minimum atomic E-state index is -0.449. The van der Waals surface area contributed by atoms with Crippen molar-refractivity contribution in [3.8, 4) is 11.1 Å². The third kappa shape index (κ3) is 4.37. The summed E-state index contributed by atoms with van der Waals surface area (Å²) in [4.78, 5) is 31.3. The molecule has 3 heterocycles. The van der Waals surface area contributed by atoms with Gasteiger partial charge in [-0.1, -0.05) is 19.1 Å². The van der Waals surface area contributed by atoms with Crippen LogP contribution in [0, 0.1) is 19.7 Å². The molecule has 9 heteroatoms. The molecule has 0 bridgehead atoms. The normalized spacial score (nSPS) is 16.7. The summed E-state index contributed by atoms with van der Waals surface area (Å²) in [6, 6.07) is 8.57. The standard InChI is InChI=1S/C23H25FN6O2/c1-5-18-12-32-23(31)30(18)22-28-15(4)27-21(29-22)26-14(3)20-9-7-17(11-25-20)16-6-8-19(24)13(2)10-16/h6-11,14,18H,5,12H2,1-4H3,(H,26,27,28,29)/t14-,18?/m0/s1. The molecule has 0 saturated carbocycles. The number of nitrogens with one attached hydrogen (secondary N) is 1. The van der Waals surface area contributed by atoms with Crippen LogP contribution >= 0.6 is 0 Å². The average Bonchev–Trinajstić information content (AvgIpc) is 3.16. The summed E-state index contributed by atoms with van der Waals surface area (Å²) in [5, 5.41) is 3.23. The van der Waals surface area contributed by atoms with Crippen LogP contribution in [0.25, 0.3) is 11.1 Å². The smallest absolute Gasteiger partial charge is 0.417 e. The molecule has 166 valence electrons. The molecule has 1 unspecified atom stereocenters. The number of ether oxygens (including phenoxy) is 1. The monoisotopic (exact) mass is 436 g/mol. The van der Waals surface area contributed by atoms with Gasteiger partial charge in [0.15, 0.2) is 0 Å². The van der Waals surface area contributed by atoms with Gasteiger partial charge in [-0.05, 0) is 56.5 Å². The van der Waals surface area contributed by atoms with E-state index in [1.165, 1.54) is 11.0 Å². The molecule has 2 atom stereocenters. The number of carbonyl (C=O) groups is 1. The van der Waals surface area contributed by atoms with Gasteiger partial charge in [-0.25, -0.2) is 14.1 Å². The second kappa shape index (κ2) is 8.86. The molecule has 4 rings (SSSR count). The largest absolute Gasteiger partial charge is 0.447 e. The van der Waals surface area contributed by atoms with Gasteiger partial charge < -0.3 is 10.1 Å². The quantitative estimate of drug-likeness (QED) is 0.604. The Bertz CT molecular complexity index is 1140. The van der Waals surface area contributed by atoms with E-state index in [0.29, 0.717) is 23.9 Å². The maximum atomic E-state index is 13.5. The number of rotatable bonds is 6. The highest BCUT2D eigenvalue weighted by Gasteiger charge is 2.35. The Labute approximate surface area is 185 Å². The van der Waals surface area contributed by atoms with Gasteiger partial charge in [0, 0.05) is 11.8 Å². The first-order chi connectivity index (χ1) is 15.4. The van der Waals surface area contributed by atoms with Crippen molar-refractivity contribution < 1.29 is 13.9 Å². The minimum Gasteiger partial charge on any atom is -0.447 e. The Morgan fingerprint density at radius 1 is 1.19 bits per heavy atom.